The first-order valence-electron chi connectivity index (χ1n) is 7.36. The zero-order valence-corrected chi connectivity index (χ0v) is 15.1. The van der Waals surface area contributed by atoms with Gasteiger partial charge in [-0.25, -0.2) is 17.3 Å². The minimum atomic E-state index is -1.38. The number of rotatable bonds is 5. The average molecular weight is 346 g/mol. The molecule has 130 valence electrons. The standard InChI is InChI=1S/C16H24F2N2O2S/c1-10(2)14(20(6)23(22)16(3,4)5)15(21)19-11-7-8-12(17)13(18)9-11/h7-10,14H,1-6H3,(H,19,21)/t14-,23+/m0/s1. The van der Waals surface area contributed by atoms with Gasteiger partial charge in [-0.2, -0.15) is 0 Å². The number of halogens is 2. The summed E-state index contributed by atoms with van der Waals surface area (Å²) in [4.78, 5) is 12.5. The summed E-state index contributed by atoms with van der Waals surface area (Å²) in [6.07, 6.45) is 0. The van der Waals surface area contributed by atoms with Crippen LogP contribution in [0.3, 0.4) is 0 Å². The van der Waals surface area contributed by atoms with Crippen molar-refractivity contribution < 1.29 is 17.8 Å². The number of nitrogens with one attached hydrogen (secondary N) is 1. The van der Waals surface area contributed by atoms with Crippen molar-refractivity contribution in [1.29, 1.82) is 0 Å². The van der Waals surface area contributed by atoms with Crippen molar-refractivity contribution in [3.05, 3.63) is 29.8 Å². The fourth-order valence-corrected chi connectivity index (χ4v) is 3.62. The lowest BCUT2D eigenvalue weighted by atomic mass is 10.0. The molecule has 0 saturated heterocycles. The zero-order valence-electron chi connectivity index (χ0n) is 14.3. The number of amides is 1. The summed E-state index contributed by atoms with van der Waals surface area (Å²) >= 11 is 0. The van der Waals surface area contributed by atoms with Gasteiger partial charge in [0.05, 0.1) is 4.75 Å². The van der Waals surface area contributed by atoms with Crippen molar-refractivity contribution in [2.24, 2.45) is 5.92 Å². The predicted molar refractivity (Wildman–Crippen MR) is 89.3 cm³/mol. The van der Waals surface area contributed by atoms with Crippen LogP contribution in [0.1, 0.15) is 34.6 Å². The van der Waals surface area contributed by atoms with Gasteiger partial charge in [0.2, 0.25) is 5.91 Å². The molecule has 23 heavy (non-hydrogen) atoms. The van der Waals surface area contributed by atoms with Crippen molar-refractivity contribution in [3.8, 4) is 0 Å². The fourth-order valence-electron chi connectivity index (χ4n) is 2.21. The van der Waals surface area contributed by atoms with E-state index in [0.29, 0.717) is 0 Å². The normalized spacial score (nSPS) is 14.9. The van der Waals surface area contributed by atoms with Crippen LogP contribution in [-0.4, -0.2) is 32.3 Å². The zero-order chi connectivity index (χ0) is 17.9. The Bertz CT molecular complexity index is 600. The first kappa shape index (κ1) is 19.7. The second-order valence-corrected chi connectivity index (χ2v) is 9.01. The van der Waals surface area contributed by atoms with E-state index in [0.717, 1.165) is 12.1 Å². The highest BCUT2D eigenvalue weighted by molar-refractivity contribution is 7.84. The Morgan fingerprint density at radius 2 is 1.78 bits per heavy atom. The van der Waals surface area contributed by atoms with E-state index in [1.165, 1.54) is 10.4 Å². The molecule has 0 spiro atoms. The highest BCUT2D eigenvalue weighted by Gasteiger charge is 2.34. The molecule has 1 rings (SSSR count). The second-order valence-electron chi connectivity index (χ2n) is 6.71. The lowest BCUT2D eigenvalue weighted by Gasteiger charge is -2.33. The molecule has 0 aliphatic rings. The summed E-state index contributed by atoms with van der Waals surface area (Å²) in [7, 11) is 0.241. The van der Waals surface area contributed by atoms with Crippen molar-refractivity contribution in [2.45, 2.75) is 45.4 Å². The quantitative estimate of drug-likeness (QED) is 0.889. The van der Waals surface area contributed by atoms with Crippen LogP contribution < -0.4 is 5.32 Å². The molecule has 1 aromatic rings. The molecule has 0 aliphatic heterocycles. The summed E-state index contributed by atoms with van der Waals surface area (Å²) in [6, 6.07) is 2.50. The van der Waals surface area contributed by atoms with Crippen molar-refractivity contribution >= 4 is 22.6 Å². The minimum Gasteiger partial charge on any atom is -0.325 e. The van der Waals surface area contributed by atoms with Crippen molar-refractivity contribution in [3.63, 3.8) is 0 Å². The Balaban J connectivity index is 2.99. The maximum atomic E-state index is 13.2. The average Bonchev–Trinajstić information content (AvgIpc) is 2.40. The van der Waals surface area contributed by atoms with Gasteiger partial charge < -0.3 is 5.32 Å². The number of likely N-dealkylation sites (N-methyl/N-ethyl adjacent to an activating group) is 1. The van der Waals surface area contributed by atoms with Crippen LogP contribution in [0.4, 0.5) is 14.5 Å². The van der Waals surface area contributed by atoms with Crippen LogP contribution in [0, 0.1) is 17.6 Å². The molecule has 7 heteroatoms. The van der Waals surface area contributed by atoms with Crippen molar-refractivity contribution in [1.82, 2.24) is 4.31 Å². The summed E-state index contributed by atoms with van der Waals surface area (Å²) in [5.74, 6) is -2.53. The molecule has 4 nitrogen and oxygen atoms in total. The largest absolute Gasteiger partial charge is 0.325 e. The third kappa shape index (κ3) is 5.07. The summed E-state index contributed by atoms with van der Waals surface area (Å²) < 4.78 is 39.7. The van der Waals surface area contributed by atoms with Gasteiger partial charge in [-0.1, -0.05) is 13.8 Å². The van der Waals surface area contributed by atoms with Gasteiger partial charge in [-0.3, -0.25) is 4.79 Å². The van der Waals surface area contributed by atoms with Crippen LogP contribution >= 0.6 is 0 Å². The van der Waals surface area contributed by atoms with Gasteiger partial charge in [0.1, 0.15) is 17.0 Å². The molecule has 2 atom stereocenters. The summed E-state index contributed by atoms with van der Waals surface area (Å²) in [6.45, 7) is 9.15. The monoisotopic (exact) mass is 346 g/mol. The highest BCUT2D eigenvalue weighted by atomic mass is 32.2. The van der Waals surface area contributed by atoms with Crippen LogP contribution in [0.15, 0.2) is 18.2 Å². The van der Waals surface area contributed by atoms with Crippen LogP contribution in [-0.2, 0) is 15.8 Å². The molecule has 0 aliphatic carbocycles. The SMILES string of the molecule is CC(C)[C@@H](C(=O)Nc1ccc(F)c(F)c1)N(C)[S@](=O)C(C)(C)C. The fraction of sp³-hybridized carbons (Fsp3) is 0.562. The molecule has 0 aromatic heterocycles. The Morgan fingerprint density at radius 1 is 1.22 bits per heavy atom. The van der Waals surface area contributed by atoms with Crippen LogP contribution in [0.2, 0.25) is 0 Å². The lowest BCUT2D eigenvalue weighted by molar-refractivity contribution is -0.120. The lowest BCUT2D eigenvalue weighted by Crippen LogP contribution is -2.49. The smallest absolute Gasteiger partial charge is 0.242 e. The maximum Gasteiger partial charge on any atom is 0.242 e. The Hall–Kier alpha value is -1.34. The van der Waals surface area contributed by atoms with Crippen LogP contribution in [0.25, 0.3) is 0 Å². The third-order valence-corrected chi connectivity index (χ3v) is 5.06. The van der Waals surface area contributed by atoms with Gasteiger partial charge in [-0.15, -0.1) is 0 Å². The highest BCUT2D eigenvalue weighted by Crippen LogP contribution is 2.22. The number of nitrogens with zero attached hydrogens (tertiary/aromatic N) is 1. The molecule has 1 aromatic carbocycles. The molecule has 1 amide bonds. The van der Waals surface area contributed by atoms with E-state index in [1.54, 1.807) is 7.05 Å². The molecular weight excluding hydrogens is 322 g/mol. The van der Waals surface area contributed by atoms with E-state index in [4.69, 9.17) is 0 Å². The van der Waals surface area contributed by atoms with E-state index < -0.39 is 39.3 Å². The first-order chi connectivity index (χ1) is 10.4. The van der Waals surface area contributed by atoms with E-state index in [-0.39, 0.29) is 11.6 Å². The van der Waals surface area contributed by atoms with Gasteiger partial charge in [0.15, 0.2) is 11.6 Å². The first-order valence-corrected chi connectivity index (χ1v) is 8.46. The third-order valence-electron chi connectivity index (χ3n) is 3.26. The Labute approximate surface area is 138 Å². The molecule has 0 radical (unpaired) electrons. The van der Waals surface area contributed by atoms with E-state index in [1.807, 2.05) is 34.6 Å². The number of carbonyl (C=O) groups is 1. The summed E-state index contributed by atoms with van der Waals surface area (Å²) in [5.41, 5.74) is 0.162. The van der Waals surface area contributed by atoms with Gasteiger partial charge in [0, 0.05) is 18.8 Å². The van der Waals surface area contributed by atoms with Gasteiger partial charge >= 0.3 is 0 Å². The molecule has 0 unspecified atom stereocenters. The minimum absolute atomic E-state index is 0.114. The Morgan fingerprint density at radius 3 is 2.22 bits per heavy atom. The number of anilines is 1. The molecular formula is C16H24F2N2O2S. The molecule has 0 fully saturated rings. The van der Waals surface area contributed by atoms with Crippen LogP contribution in [0.5, 0.6) is 0 Å². The maximum absolute atomic E-state index is 13.2. The molecule has 0 bridgehead atoms. The molecule has 0 heterocycles. The second kappa shape index (κ2) is 7.49. The Kier molecular flexibility index (Phi) is 6.41. The van der Waals surface area contributed by atoms with E-state index in [9.17, 15) is 17.8 Å². The number of hydrogen-bond acceptors (Lipinski definition) is 2. The predicted octanol–water partition coefficient (Wildman–Crippen LogP) is 3.32. The number of carbonyl (C=O) groups excluding carboxylic acids is 1. The number of benzene rings is 1. The summed E-state index contributed by atoms with van der Waals surface area (Å²) in [5, 5.41) is 2.56. The topological polar surface area (TPSA) is 49.4 Å². The molecule has 1 N–H and O–H groups in total. The van der Waals surface area contributed by atoms with Gasteiger partial charge in [0.25, 0.3) is 0 Å². The molecule has 0 saturated carbocycles. The number of hydrogen-bond donors (Lipinski definition) is 1. The van der Waals surface area contributed by atoms with Gasteiger partial charge in [-0.05, 0) is 38.8 Å². The van der Waals surface area contributed by atoms with Crippen molar-refractivity contribution in [2.75, 3.05) is 12.4 Å². The van der Waals surface area contributed by atoms with E-state index >= 15 is 0 Å². The van der Waals surface area contributed by atoms with E-state index in [2.05, 4.69) is 5.32 Å².